The summed E-state index contributed by atoms with van der Waals surface area (Å²) in [4.78, 5) is 25.1. The molecule has 0 spiro atoms. The molecular weight excluding hydrogens is 595 g/mol. The van der Waals surface area contributed by atoms with Crippen molar-refractivity contribution in [3.8, 4) is 22.8 Å². The molecule has 33 heavy (non-hydrogen) atoms. The molecule has 2 N–H and O–H groups in total. The molecule has 5 aromatic rings. The van der Waals surface area contributed by atoms with Gasteiger partial charge >= 0.3 is 5.97 Å². The number of benzene rings is 2. The minimum Gasteiger partial charge on any atom is -0.477 e. The summed E-state index contributed by atoms with van der Waals surface area (Å²) in [5.74, 6) is 0.886. The standard InChI is InChI=1S/C10H9N2.C9H8N2.C6H5NO2.Ir/c1-12-8-7-11-10(12)9-5-3-2-4-6-9;1-2-4-8(5-3-1)9-10-6-7-11-9;8-6(9)5-3-1-2-4-7-5;/h2-5,7-8H,1H3;1-7H,(H,10,11);1-4H,(H,8,9);/q-1;;;. The van der Waals surface area contributed by atoms with Crippen LogP contribution in [0, 0.1) is 6.07 Å². The average molecular weight is 617 g/mol. The third kappa shape index (κ3) is 7.96. The molecule has 0 amide bonds. The van der Waals surface area contributed by atoms with Crippen molar-refractivity contribution >= 4 is 5.97 Å². The smallest absolute Gasteiger partial charge is 0.354 e. The SMILES string of the molecule is Cn1ccnc1-c1[c-]cccc1.O=C(O)c1ccccn1.[Ir].c1ccc(-c2ncc[nH]2)cc1. The van der Waals surface area contributed by atoms with Crippen molar-refractivity contribution in [1.29, 1.82) is 0 Å². The minimum atomic E-state index is -0.990. The maximum absolute atomic E-state index is 10.1. The maximum atomic E-state index is 10.1. The summed E-state index contributed by atoms with van der Waals surface area (Å²) in [6, 6.07) is 25.8. The van der Waals surface area contributed by atoms with Crippen LogP contribution >= 0.6 is 0 Å². The molecule has 0 saturated heterocycles. The fourth-order valence-electron chi connectivity index (χ4n) is 2.67. The number of aromatic carboxylic acids is 1. The van der Waals surface area contributed by atoms with Crippen molar-refractivity contribution < 1.29 is 30.0 Å². The molecule has 0 aliphatic carbocycles. The molecule has 0 bridgehead atoms. The second-order valence-electron chi connectivity index (χ2n) is 6.46. The van der Waals surface area contributed by atoms with Crippen LogP contribution < -0.4 is 0 Å². The number of pyridine rings is 1. The van der Waals surface area contributed by atoms with Crippen molar-refractivity contribution in [3.05, 3.63) is 116 Å². The number of hydrogen-bond acceptors (Lipinski definition) is 4. The summed E-state index contributed by atoms with van der Waals surface area (Å²) in [7, 11) is 1.98. The summed E-state index contributed by atoms with van der Waals surface area (Å²) in [6.07, 6.45) is 8.74. The number of aromatic amines is 1. The van der Waals surface area contributed by atoms with Crippen molar-refractivity contribution in [2.24, 2.45) is 7.05 Å². The first kappa shape index (κ1) is 25.4. The van der Waals surface area contributed by atoms with Gasteiger partial charge in [0.25, 0.3) is 0 Å². The molecule has 169 valence electrons. The molecule has 3 aromatic heterocycles. The fourth-order valence-corrected chi connectivity index (χ4v) is 2.67. The molecule has 5 rings (SSSR count). The Balaban J connectivity index is 0.000000174. The number of carboxylic acid groups (broad SMARTS) is 1. The first-order valence-corrected chi connectivity index (χ1v) is 9.78. The van der Waals surface area contributed by atoms with Crippen LogP contribution in [0.3, 0.4) is 0 Å². The number of aromatic nitrogens is 5. The second kappa shape index (κ2) is 13.5. The Morgan fingerprint density at radius 1 is 0.909 bits per heavy atom. The Hall–Kier alpha value is -3.87. The zero-order valence-electron chi connectivity index (χ0n) is 17.8. The number of nitrogens with zero attached hydrogens (tertiary/aromatic N) is 4. The Morgan fingerprint density at radius 3 is 2.18 bits per heavy atom. The zero-order chi connectivity index (χ0) is 22.6. The van der Waals surface area contributed by atoms with Gasteiger partial charge in [-0.2, -0.15) is 0 Å². The van der Waals surface area contributed by atoms with Gasteiger partial charge in [-0.3, -0.25) is 4.98 Å². The third-order valence-corrected chi connectivity index (χ3v) is 4.20. The summed E-state index contributed by atoms with van der Waals surface area (Å²) >= 11 is 0. The van der Waals surface area contributed by atoms with Crippen LogP contribution in [0.15, 0.2) is 104 Å². The molecule has 1 radical (unpaired) electrons. The Kier molecular flexibility index (Phi) is 10.4. The van der Waals surface area contributed by atoms with E-state index in [1.165, 1.54) is 12.3 Å². The molecule has 0 aliphatic heterocycles. The molecule has 2 aromatic carbocycles. The largest absolute Gasteiger partial charge is 0.477 e. The molecule has 3 heterocycles. The van der Waals surface area contributed by atoms with Crippen LogP contribution in [0.5, 0.6) is 0 Å². The van der Waals surface area contributed by atoms with E-state index < -0.39 is 5.97 Å². The van der Waals surface area contributed by atoms with Gasteiger partial charge in [0.15, 0.2) is 0 Å². The monoisotopic (exact) mass is 617 g/mol. The van der Waals surface area contributed by atoms with Crippen molar-refractivity contribution in [2.75, 3.05) is 0 Å². The van der Waals surface area contributed by atoms with Gasteiger partial charge in [-0.25, -0.2) is 14.8 Å². The number of carboxylic acids is 1. The fraction of sp³-hybridized carbons (Fsp3) is 0.0400. The van der Waals surface area contributed by atoms with Gasteiger partial charge in [0, 0.05) is 63.7 Å². The predicted molar refractivity (Wildman–Crippen MR) is 123 cm³/mol. The van der Waals surface area contributed by atoms with E-state index in [1.54, 1.807) is 24.5 Å². The van der Waals surface area contributed by atoms with Crippen LogP contribution in [0.4, 0.5) is 0 Å². The molecule has 0 unspecified atom stereocenters. The molecule has 0 aliphatic rings. The first-order chi connectivity index (χ1) is 15.6. The van der Waals surface area contributed by atoms with E-state index in [4.69, 9.17) is 5.11 Å². The van der Waals surface area contributed by atoms with E-state index in [-0.39, 0.29) is 25.8 Å². The van der Waals surface area contributed by atoms with E-state index in [0.717, 1.165) is 22.8 Å². The Bertz CT molecular complexity index is 1200. The van der Waals surface area contributed by atoms with Crippen LogP contribution in [0.2, 0.25) is 0 Å². The van der Waals surface area contributed by atoms with E-state index in [2.05, 4.69) is 26.0 Å². The molecule has 0 saturated carbocycles. The summed E-state index contributed by atoms with van der Waals surface area (Å²) in [5, 5.41) is 8.32. The van der Waals surface area contributed by atoms with Gasteiger partial charge in [-0.05, 0) is 12.1 Å². The normalized spacial score (nSPS) is 9.36. The van der Waals surface area contributed by atoms with Gasteiger partial charge in [-0.15, -0.1) is 35.9 Å². The summed E-state index contributed by atoms with van der Waals surface area (Å²) in [6.45, 7) is 0. The molecular formula is C25H22IrN5O2-. The van der Waals surface area contributed by atoms with Crippen molar-refractivity contribution in [1.82, 2.24) is 24.5 Å². The summed E-state index contributed by atoms with van der Waals surface area (Å²) in [5.41, 5.74) is 2.24. The molecule has 0 fully saturated rings. The number of nitrogens with one attached hydrogen (secondary N) is 1. The van der Waals surface area contributed by atoms with E-state index in [0.29, 0.717) is 0 Å². The number of aryl methyl sites for hydroxylation is 1. The number of rotatable bonds is 3. The van der Waals surface area contributed by atoms with Crippen LogP contribution in [-0.2, 0) is 27.2 Å². The van der Waals surface area contributed by atoms with Gasteiger partial charge in [0.2, 0.25) is 0 Å². The zero-order valence-corrected chi connectivity index (χ0v) is 20.2. The van der Waals surface area contributed by atoms with Crippen LogP contribution in [0.1, 0.15) is 10.5 Å². The number of hydrogen-bond donors (Lipinski definition) is 2. The van der Waals surface area contributed by atoms with E-state index in [9.17, 15) is 4.79 Å². The second-order valence-corrected chi connectivity index (χ2v) is 6.46. The third-order valence-electron chi connectivity index (χ3n) is 4.20. The molecule has 8 heteroatoms. The first-order valence-electron chi connectivity index (χ1n) is 9.78. The topological polar surface area (TPSA) is 96.7 Å². The minimum absolute atomic E-state index is 0. The van der Waals surface area contributed by atoms with Gasteiger partial charge < -0.3 is 14.7 Å². The van der Waals surface area contributed by atoms with E-state index >= 15 is 0 Å². The molecule has 0 atom stereocenters. The van der Waals surface area contributed by atoms with Crippen LogP contribution in [0.25, 0.3) is 22.8 Å². The maximum Gasteiger partial charge on any atom is 0.354 e. The average Bonchev–Trinajstić information content (AvgIpc) is 3.54. The number of imidazole rings is 2. The van der Waals surface area contributed by atoms with Gasteiger partial charge in [0.1, 0.15) is 11.5 Å². The van der Waals surface area contributed by atoms with Crippen LogP contribution in [-0.4, -0.2) is 35.6 Å². The van der Waals surface area contributed by atoms with Crippen molar-refractivity contribution in [2.45, 2.75) is 0 Å². The Labute approximate surface area is 205 Å². The summed E-state index contributed by atoms with van der Waals surface area (Å²) < 4.78 is 1.98. The quantitative estimate of drug-likeness (QED) is 0.286. The van der Waals surface area contributed by atoms with Gasteiger partial charge in [0.05, 0.1) is 5.82 Å². The van der Waals surface area contributed by atoms with Gasteiger partial charge in [-0.1, -0.05) is 36.4 Å². The molecule has 7 nitrogen and oxygen atoms in total. The number of H-pyrrole nitrogens is 1. The number of carbonyl (C=O) groups is 1. The predicted octanol–water partition coefficient (Wildman–Crippen LogP) is 4.74. The van der Waals surface area contributed by atoms with Crippen molar-refractivity contribution in [3.63, 3.8) is 0 Å². The Morgan fingerprint density at radius 2 is 1.67 bits per heavy atom. The van der Waals surface area contributed by atoms with E-state index in [1.807, 2.05) is 78.6 Å².